The summed E-state index contributed by atoms with van der Waals surface area (Å²) in [6.45, 7) is 5.32. The van der Waals surface area contributed by atoms with Crippen molar-refractivity contribution >= 4 is 17.3 Å². The van der Waals surface area contributed by atoms with Gasteiger partial charge in [-0.2, -0.15) is 0 Å². The van der Waals surface area contributed by atoms with E-state index in [1.165, 1.54) is 5.69 Å². The molecule has 1 aromatic rings. The van der Waals surface area contributed by atoms with Crippen LogP contribution in [0.5, 0.6) is 5.75 Å². The second-order valence-electron chi connectivity index (χ2n) is 4.28. The number of hydrogen-bond acceptors (Lipinski definition) is 3. The molecule has 1 heterocycles. The number of ether oxygens (including phenoxy) is 1. The Labute approximate surface area is 108 Å². The average Bonchev–Trinajstić information content (AvgIpc) is 2.39. The summed E-state index contributed by atoms with van der Waals surface area (Å²) in [5, 5.41) is 4.09. The van der Waals surface area contributed by atoms with E-state index in [2.05, 4.69) is 23.2 Å². The van der Waals surface area contributed by atoms with Crippen molar-refractivity contribution in [2.75, 3.05) is 31.6 Å². The van der Waals surface area contributed by atoms with E-state index in [-0.39, 0.29) is 0 Å². The lowest BCUT2D eigenvalue weighted by molar-refractivity contribution is 0.414. The van der Waals surface area contributed by atoms with Gasteiger partial charge in [0, 0.05) is 37.4 Å². The number of methoxy groups -OCH3 is 1. The summed E-state index contributed by atoms with van der Waals surface area (Å²) < 4.78 is 5.27. The molecule has 0 spiro atoms. The van der Waals surface area contributed by atoms with E-state index >= 15 is 0 Å². The van der Waals surface area contributed by atoms with Crippen molar-refractivity contribution in [3.05, 3.63) is 23.2 Å². The van der Waals surface area contributed by atoms with Crippen LogP contribution in [-0.4, -0.2) is 32.8 Å². The van der Waals surface area contributed by atoms with Gasteiger partial charge in [0.2, 0.25) is 0 Å². The van der Waals surface area contributed by atoms with Crippen LogP contribution < -0.4 is 15.0 Å². The van der Waals surface area contributed by atoms with Gasteiger partial charge < -0.3 is 15.0 Å². The third-order valence-electron chi connectivity index (χ3n) is 3.29. The molecule has 1 N–H and O–H groups in total. The summed E-state index contributed by atoms with van der Waals surface area (Å²) in [5.41, 5.74) is 1.19. The van der Waals surface area contributed by atoms with Crippen LogP contribution >= 0.6 is 11.6 Å². The fourth-order valence-corrected chi connectivity index (χ4v) is 2.49. The Bertz CT molecular complexity index is 384. The Kier molecular flexibility index (Phi) is 4.13. The zero-order valence-corrected chi connectivity index (χ0v) is 11.1. The van der Waals surface area contributed by atoms with Gasteiger partial charge in [0.25, 0.3) is 0 Å². The van der Waals surface area contributed by atoms with E-state index in [1.807, 2.05) is 12.1 Å². The Morgan fingerprint density at radius 3 is 3.06 bits per heavy atom. The molecule has 0 aliphatic carbocycles. The van der Waals surface area contributed by atoms with Crippen molar-refractivity contribution in [3.8, 4) is 5.75 Å². The fourth-order valence-electron chi connectivity index (χ4n) is 2.29. The lowest BCUT2D eigenvalue weighted by Crippen LogP contribution is -2.51. The summed E-state index contributed by atoms with van der Waals surface area (Å²) in [7, 11) is 1.65. The van der Waals surface area contributed by atoms with E-state index in [9.17, 15) is 0 Å². The van der Waals surface area contributed by atoms with Gasteiger partial charge in [0.05, 0.1) is 12.1 Å². The first-order valence-corrected chi connectivity index (χ1v) is 6.45. The highest BCUT2D eigenvalue weighted by molar-refractivity contribution is 6.32. The first-order valence-electron chi connectivity index (χ1n) is 6.07. The van der Waals surface area contributed by atoms with Gasteiger partial charge in [0.15, 0.2) is 0 Å². The zero-order chi connectivity index (χ0) is 12.3. The molecule has 0 unspecified atom stereocenters. The minimum Gasteiger partial charge on any atom is -0.495 e. The average molecular weight is 255 g/mol. The fraction of sp³-hybridized carbons (Fsp3) is 0.538. The Hall–Kier alpha value is -0.930. The van der Waals surface area contributed by atoms with Gasteiger partial charge in [-0.15, -0.1) is 0 Å². The topological polar surface area (TPSA) is 24.5 Å². The van der Waals surface area contributed by atoms with Crippen molar-refractivity contribution < 1.29 is 4.74 Å². The summed E-state index contributed by atoms with van der Waals surface area (Å²) in [4.78, 5) is 2.43. The van der Waals surface area contributed by atoms with Crippen LogP contribution in [0.25, 0.3) is 0 Å². The van der Waals surface area contributed by atoms with Crippen molar-refractivity contribution in [1.82, 2.24) is 5.32 Å². The molecule has 0 aromatic heterocycles. The first-order chi connectivity index (χ1) is 8.26. The monoisotopic (exact) mass is 254 g/mol. The van der Waals surface area contributed by atoms with Crippen molar-refractivity contribution in [2.24, 2.45) is 0 Å². The highest BCUT2D eigenvalue weighted by atomic mass is 35.5. The summed E-state index contributed by atoms with van der Waals surface area (Å²) in [6.07, 6.45) is 1.14. The van der Waals surface area contributed by atoms with Crippen LogP contribution in [0.15, 0.2) is 18.2 Å². The minimum atomic E-state index is 0.551. The van der Waals surface area contributed by atoms with Crippen molar-refractivity contribution in [1.29, 1.82) is 0 Å². The number of nitrogens with zero attached hydrogens (tertiary/aromatic N) is 1. The molecular weight excluding hydrogens is 236 g/mol. The third kappa shape index (κ3) is 2.67. The molecule has 0 radical (unpaired) electrons. The SMILES string of the molecule is CC[C@H]1CNCCN1c1ccc(Cl)c(OC)c1. The van der Waals surface area contributed by atoms with Crippen LogP contribution in [0.2, 0.25) is 5.02 Å². The molecule has 0 bridgehead atoms. The highest BCUT2D eigenvalue weighted by Crippen LogP contribution is 2.30. The maximum Gasteiger partial charge on any atom is 0.139 e. The summed E-state index contributed by atoms with van der Waals surface area (Å²) in [5.74, 6) is 0.748. The number of benzene rings is 1. The summed E-state index contributed by atoms with van der Waals surface area (Å²) in [6, 6.07) is 6.55. The molecule has 1 aliphatic rings. The Morgan fingerprint density at radius 2 is 2.35 bits per heavy atom. The van der Waals surface area contributed by atoms with Gasteiger partial charge in [-0.3, -0.25) is 0 Å². The van der Waals surface area contributed by atoms with Gasteiger partial charge in [-0.25, -0.2) is 0 Å². The van der Waals surface area contributed by atoms with Crippen LogP contribution in [0.3, 0.4) is 0 Å². The molecule has 0 saturated carbocycles. The molecule has 1 saturated heterocycles. The van der Waals surface area contributed by atoms with E-state index in [0.29, 0.717) is 11.1 Å². The van der Waals surface area contributed by atoms with E-state index in [1.54, 1.807) is 7.11 Å². The minimum absolute atomic E-state index is 0.551. The maximum absolute atomic E-state index is 6.05. The predicted octanol–water partition coefficient (Wildman–Crippen LogP) is 2.54. The molecule has 1 fully saturated rings. The lowest BCUT2D eigenvalue weighted by Gasteiger charge is -2.37. The molecular formula is C13H19ClN2O. The van der Waals surface area contributed by atoms with Gasteiger partial charge in [-0.1, -0.05) is 18.5 Å². The van der Waals surface area contributed by atoms with E-state index < -0.39 is 0 Å². The number of piperazine rings is 1. The van der Waals surface area contributed by atoms with Gasteiger partial charge in [0.1, 0.15) is 5.75 Å². The second kappa shape index (κ2) is 5.61. The molecule has 3 nitrogen and oxygen atoms in total. The van der Waals surface area contributed by atoms with Crippen molar-refractivity contribution in [2.45, 2.75) is 19.4 Å². The smallest absolute Gasteiger partial charge is 0.139 e. The number of nitrogens with one attached hydrogen (secondary N) is 1. The van der Waals surface area contributed by atoms with E-state index in [0.717, 1.165) is 31.8 Å². The number of halogens is 1. The Balaban J connectivity index is 2.25. The predicted molar refractivity (Wildman–Crippen MR) is 72.3 cm³/mol. The molecule has 1 atom stereocenters. The van der Waals surface area contributed by atoms with Crippen LogP contribution in [0.4, 0.5) is 5.69 Å². The molecule has 17 heavy (non-hydrogen) atoms. The molecule has 1 aromatic carbocycles. The van der Waals surface area contributed by atoms with Gasteiger partial charge >= 0.3 is 0 Å². The Morgan fingerprint density at radius 1 is 1.53 bits per heavy atom. The van der Waals surface area contributed by atoms with Gasteiger partial charge in [-0.05, 0) is 18.6 Å². The standard InChI is InChI=1S/C13H19ClN2O/c1-3-10-9-15-6-7-16(10)11-4-5-12(14)13(8-11)17-2/h4-5,8,10,15H,3,6-7,9H2,1-2H3/t10-/m0/s1. The molecule has 2 rings (SSSR count). The number of rotatable bonds is 3. The highest BCUT2D eigenvalue weighted by Gasteiger charge is 2.21. The van der Waals surface area contributed by atoms with Crippen LogP contribution in [0, 0.1) is 0 Å². The largest absolute Gasteiger partial charge is 0.495 e. The third-order valence-corrected chi connectivity index (χ3v) is 3.60. The first kappa shape index (κ1) is 12.5. The maximum atomic E-state index is 6.05. The normalized spacial score (nSPS) is 20.4. The van der Waals surface area contributed by atoms with Crippen molar-refractivity contribution in [3.63, 3.8) is 0 Å². The van der Waals surface area contributed by atoms with Crippen LogP contribution in [-0.2, 0) is 0 Å². The molecule has 4 heteroatoms. The number of hydrogen-bond donors (Lipinski definition) is 1. The zero-order valence-electron chi connectivity index (χ0n) is 10.4. The quantitative estimate of drug-likeness (QED) is 0.897. The number of anilines is 1. The summed E-state index contributed by atoms with van der Waals surface area (Å²) >= 11 is 6.05. The molecule has 1 aliphatic heterocycles. The van der Waals surface area contributed by atoms with E-state index in [4.69, 9.17) is 16.3 Å². The lowest BCUT2D eigenvalue weighted by atomic mass is 10.1. The molecule has 94 valence electrons. The van der Waals surface area contributed by atoms with Crippen LogP contribution in [0.1, 0.15) is 13.3 Å². The molecule has 0 amide bonds. The second-order valence-corrected chi connectivity index (χ2v) is 4.69.